The van der Waals surface area contributed by atoms with Crippen LogP contribution in [0.5, 0.6) is 0 Å². The van der Waals surface area contributed by atoms with Gasteiger partial charge in [0, 0.05) is 32.1 Å². The lowest BCUT2D eigenvalue weighted by atomic mass is 9.78. The first-order chi connectivity index (χ1) is 10.5. The largest absolute Gasteiger partial charge is 0.480 e. The van der Waals surface area contributed by atoms with Crippen LogP contribution < -0.4 is 5.73 Å². The summed E-state index contributed by atoms with van der Waals surface area (Å²) in [5.74, 6) is -1.14. The monoisotopic (exact) mass is 329 g/mol. The van der Waals surface area contributed by atoms with Crippen molar-refractivity contribution in [3.8, 4) is 0 Å². The summed E-state index contributed by atoms with van der Waals surface area (Å²) in [6, 6.07) is 0. The predicted octanol–water partition coefficient (Wildman–Crippen LogP) is -0.459. The van der Waals surface area contributed by atoms with Crippen molar-refractivity contribution < 1.29 is 19.9 Å². The van der Waals surface area contributed by atoms with Gasteiger partial charge in [-0.05, 0) is 32.3 Å². The molecule has 8 heteroatoms. The third-order valence-corrected chi connectivity index (χ3v) is 4.50. The zero-order valence-electron chi connectivity index (χ0n) is 14.8. The van der Waals surface area contributed by atoms with Gasteiger partial charge in [0.25, 0.3) is 0 Å². The molecule has 23 heavy (non-hydrogen) atoms. The highest BCUT2D eigenvalue weighted by Crippen LogP contribution is 2.32. The second-order valence-electron chi connectivity index (χ2n) is 8.03. The van der Waals surface area contributed by atoms with Crippen LogP contribution in [0.25, 0.3) is 0 Å². The molecule has 0 aliphatic carbocycles. The summed E-state index contributed by atoms with van der Waals surface area (Å²) < 4.78 is 0. The van der Waals surface area contributed by atoms with Crippen molar-refractivity contribution in [1.29, 1.82) is 0 Å². The van der Waals surface area contributed by atoms with E-state index in [1.165, 1.54) is 0 Å². The van der Waals surface area contributed by atoms with Crippen LogP contribution in [0.2, 0.25) is 6.32 Å². The van der Waals surface area contributed by atoms with Gasteiger partial charge in [0.2, 0.25) is 0 Å². The fourth-order valence-electron chi connectivity index (χ4n) is 3.81. The minimum Gasteiger partial charge on any atom is -0.480 e. The highest BCUT2D eigenvalue weighted by molar-refractivity contribution is 6.40. The number of nitrogens with zero attached hydrogens (tertiary/aromatic N) is 2. The molecule has 7 nitrogen and oxygen atoms in total. The van der Waals surface area contributed by atoms with E-state index >= 15 is 0 Å². The van der Waals surface area contributed by atoms with E-state index in [2.05, 4.69) is 23.6 Å². The van der Waals surface area contributed by atoms with Gasteiger partial charge in [-0.3, -0.25) is 9.69 Å². The summed E-state index contributed by atoms with van der Waals surface area (Å²) in [5, 5.41) is 27.4. The highest BCUT2D eigenvalue weighted by Gasteiger charge is 2.49. The molecule has 0 saturated carbocycles. The SMILES string of the molecule is CN(C)CC(C)(C)CN1CC(CCCB(O)O)C(N)(C(=O)O)C1. The van der Waals surface area contributed by atoms with Crippen LogP contribution in [-0.4, -0.2) is 83.9 Å². The average Bonchev–Trinajstić information content (AvgIpc) is 2.64. The maximum absolute atomic E-state index is 11.7. The Morgan fingerprint density at radius 3 is 2.52 bits per heavy atom. The molecule has 1 heterocycles. The molecule has 1 saturated heterocycles. The molecule has 1 fully saturated rings. The first-order valence-corrected chi connectivity index (χ1v) is 8.22. The van der Waals surface area contributed by atoms with Crippen LogP contribution in [0.1, 0.15) is 26.7 Å². The van der Waals surface area contributed by atoms with E-state index in [-0.39, 0.29) is 17.7 Å². The molecule has 0 amide bonds. The Morgan fingerprint density at radius 2 is 2.04 bits per heavy atom. The van der Waals surface area contributed by atoms with E-state index < -0.39 is 18.6 Å². The molecule has 0 aromatic carbocycles. The predicted molar refractivity (Wildman–Crippen MR) is 91.1 cm³/mol. The van der Waals surface area contributed by atoms with Gasteiger partial charge in [-0.2, -0.15) is 0 Å². The van der Waals surface area contributed by atoms with Gasteiger partial charge in [-0.15, -0.1) is 0 Å². The number of carboxylic acid groups (broad SMARTS) is 1. The van der Waals surface area contributed by atoms with Crippen LogP contribution >= 0.6 is 0 Å². The molecule has 1 rings (SSSR count). The van der Waals surface area contributed by atoms with Gasteiger partial charge in [-0.25, -0.2) is 0 Å². The van der Waals surface area contributed by atoms with Gasteiger partial charge >= 0.3 is 13.1 Å². The van der Waals surface area contributed by atoms with Crippen LogP contribution in [0, 0.1) is 11.3 Å². The Labute approximate surface area is 139 Å². The lowest BCUT2D eigenvalue weighted by Crippen LogP contribution is -2.55. The molecule has 134 valence electrons. The third-order valence-electron chi connectivity index (χ3n) is 4.50. The fraction of sp³-hybridized carbons (Fsp3) is 0.933. The Bertz CT molecular complexity index is 406. The van der Waals surface area contributed by atoms with E-state index in [1.807, 2.05) is 14.1 Å². The zero-order chi connectivity index (χ0) is 17.8. The van der Waals surface area contributed by atoms with Gasteiger partial charge < -0.3 is 25.8 Å². The molecular formula is C15H32BN3O4. The van der Waals surface area contributed by atoms with Crippen LogP contribution in [0.4, 0.5) is 0 Å². The molecule has 2 unspecified atom stereocenters. The quantitative estimate of drug-likeness (QED) is 0.424. The molecular weight excluding hydrogens is 297 g/mol. The van der Waals surface area contributed by atoms with E-state index in [1.54, 1.807) is 0 Å². The molecule has 0 bridgehead atoms. The molecule has 0 spiro atoms. The zero-order valence-corrected chi connectivity index (χ0v) is 14.8. The third kappa shape index (κ3) is 6.04. The second-order valence-corrected chi connectivity index (χ2v) is 8.03. The molecule has 0 aromatic heterocycles. The number of hydrogen-bond donors (Lipinski definition) is 4. The molecule has 0 aromatic rings. The van der Waals surface area contributed by atoms with Crippen LogP contribution in [0.3, 0.4) is 0 Å². The normalized spacial score (nSPS) is 26.0. The summed E-state index contributed by atoms with van der Waals surface area (Å²) in [7, 11) is 2.71. The number of carbonyl (C=O) groups is 1. The lowest BCUT2D eigenvalue weighted by Gasteiger charge is -2.33. The summed E-state index contributed by atoms with van der Waals surface area (Å²) >= 11 is 0. The second kappa shape index (κ2) is 7.94. The van der Waals surface area contributed by atoms with E-state index in [4.69, 9.17) is 15.8 Å². The van der Waals surface area contributed by atoms with Crippen molar-refractivity contribution in [3.63, 3.8) is 0 Å². The molecule has 2 atom stereocenters. The number of aliphatic carboxylic acids is 1. The Kier molecular flexibility index (Phi) is 7.03. The van der Waals surface area contributed by atoms with Gasteiger partial charge in [0.15, 0.2) is 0 Å². The summed E-state index contributed by atoms with van der Waals surface area (Å²) in [6.07, 6.45) is 1.40. The van der Waals surface area contributed by atoms with Crippen molar-refractivity contribution in [2.24, 2.45) is 17.1 Å². The standard InChI is InChI=1S/C15H32BN3O4/c1-14(2,9-18(3)4)10-19-8-12(6-5-7-16(22)23)15(17,11-19)13(20)21/h12,22-23H,5-11,17H2,1-4H3,(H,20,21). The Morgan fingerprint density at radius 1 is 1.43 bits per heavy atom. The Balaban J connectivity index is 2.70. The molecule has 0 radical (unpaired) electrons. The van der Waals surface area contributed by atoms with E-state index in [0.717, 1.165) is 13.1 Å². The smallest absolute Gasteiger partial charge is 0.451 e. The lowest BCUT2D eigenvalue weighted by molar-refractivity contribution is -0.144. The average molecular weight is 329 g/mol. The van der Waals surface area contributed by atoms with Crippen molar-refractivity contribution in [2.45, 2.75) is 38.5 Å². The first-order valence-electron chi connectivity index (χ1n) is 8.22. The minimum atomic E-state index is -1.34. The van der Waals surface area contributed by atoms with Crippen LogP contribution in [0.15, 0.2) is 0 Å². The van der Waals surface area contributed by atoms with Crippen LogP contribution in [-0.2, 0) is 4.79 Å². The number of likely N-dealkylation sites (tertiary alicyclic amines) is 1. The number of rotatable bonds is 9. The van der Waals surface area contributed by atoms with Crippen molar-refractivity contribution >= 4 is 13.1 Å². The number of carboxylic acids is 1. The van der Waals surface area contributed by atoms with E-state index in [0.29, 0.717) is 25.9 Å². The molecule has 5 N–H and O–H groups in total. The van der Waals surface area contributed by atoms with Gasteiger partial charge in [0.1, 0.15) is 5.54 Å². The fourth-order valence-corrected chi connectivity index (χ4v) is 3.81. The van der Waals surface area contributed by atoms with E-state index in [9.17, 15) is 9.90 Å². The van der Waals surface area contributed by atoms with Crippen molar-refractivity contribution in [2.75, 3.05) is 40.3 Å². The maximum atomic E-state index is 11.7. The van der Waals surface area contributed by atoms with Gasteiger partial charge in [0.05, 0.1) is 0 Å². The number of hydrogen-bond acceptors (Lipinski definition) is 6. The minimum absolute atomic E-state index is 0.0408. The summed E-state index contributed by atoms with van der Waals surface area (Å²) in [6.45, 7) is 7.02. The number of nitrogens with two attached hydrogens (primary N) is 1. The highest BCUT2D eigenvalue weighted by atomic mass is 16.4. The van der Waals surface area contributed by atoms with Crippen molar-refractivity contribution in [1.82, 2.24) is 9.80 Å². The van der Waals surface area contributed by atoms with Gasteiger partial charge in [-0.1, -0.05) is 20.3 Å². The summed E-state index contributed by atoms with van der Waals surface area (Å²) in [4.78, 5) is 15.9. The Hall–Kier alpha value is -0.665. The maximum Gasteiger partial charge on any atom is 0.451 e. The molecule has 1 aliphatic heterocycles. The first kappa shape index (κ1) is 20.4. The van der Waals surface area contributed by atoms with Crippen molar-refractivity contribution in [3.05, 3.63) is 0 Å². The summed E-state index contributed by atoms with van der Waals surface area (Å²) in [5.41, 5.74) is 4.98. The molecule has 1 aliphatic rings. The topological polar surface area (TPSA) is 110 Å².